The lowest BCUT2D eigenvalue weighted by Crippen LogP contribution is -1.95. The number of aromatic nitrogens is 2. The van der Waals surface area contributed by atoms with Crippen molar-refractivity contribution >= 4 is 15.9 Å². The molecule has 5 heteroatoms. The number of aromatic hydroxyl groups is 1. The van der Waals surface area contributed by atoms with Crippen LogP contribution in [-0.2, 0) is 0 Å². The van der Waals surface area contributed by atoms with Crippen LogP contribution in [-0.4, -0.2) is 14.9 Å². The van der Waals surface area contributed by atoms with E-state index < -0.39 is 0 Å². The van der Waals surface area contributed by atoms with Crippen molar-refractivity contribution in [2.45, 2.75) is 0 Å². The molecule has 0 fully saturated rings. The Labute approximate surface area is 87.9 Å². The van der Waals surface area contributed by atoms with Gasteiger partial charge in [0.2, 0.25) is 0 Å². The molecule has 0 aliphatic rings. The van der Waals surface area contributed by atoms with Crippen LogP contribution < -0.4 is 0 Å². The first kappa shape index (κ1) is 9.21. The molecule has 0 amide bonds. The predicted octanol–water partition coefficient (Wildman–Crippen LogP) is 2.48. The topological polar surface area (TPSA) is 38.1 Å². The minimum Gasteiger partial charge on any atom is -0.504 e. The number of nitrogens with zero attached hydrogens (tertiary/aromatic N) is 2. The third-order valence-corrected chi connectivity index (χ3v) is 2.51. The lowest BCUT2D eigenvalue weighted by molar-refractivity contribution is 0.471. The second-order valence-corrected chi connectivity index (χ2v) is 3.46. The summed E-state index contributed by atoms with van der Waals surface area (Å²) in [6.45, 7) is 0. The van der Waals surface area contributed by atoms with E-state index in [-0.39, 0.29) is 11.6 Å². The molecule has 0 saturated heterocycles. The third-order valence-electron chi connectivity index (χ3n) is 1.76. The van der Waals surface area contributed by atoms with Crippen LogP contribution in [0, 0.1) is 5.82 Å². The molecule has 1 aromatic carbocycles. The molecule has 1 aromatic heterocycles. The first-order chi connectivity index (χ1) is 6.68. The van der Waals surface area contributed by atoms with E-state index in [0.29, 0.717) is 10.3 Å². The standard InChI is InChI=1S/C9H6BrFN2O/c10-9-8(14)5-12-13(9)7-3-1-6(11)2-4-7/h1-5,14H. The molecule has 1 heterocycles. The number of halogens is 2. The summed E-state index contributed by atoms with van der Waals surface area (Å²) in [7, 11) is 0. The molecule has 0 atom stereocenters. The zero-order valence-corrected chi connectivity index (χ0v) is 8.57. The summed E-state index contributed by atoms with van der Waals surface area (Å²) in [4.78, 5) is 0. The fourth-order valence-corrected chi connectivity index (χ4v) is 1.49. The maximum absolute atomic E-state index is 12.6. The SMILES string of the molecule is Oc1cnn(-c2ccc(F)cc2)c1Br. The summed E-state index contributed by atoms with van der Waals surface area (Å²) in [5.74, 6) is -0.254. The van der Waals surface area contributed by atoms with E-state index in [1.807, 2.05) is 0 Å². The van der Waals surface area contributed by atoms with Gasteiger partial charge in [0.15, 0.2) is 10.4 Å². The highest BCUT2D eigenvalue weighted by molar-refractivity contribution is 9.10. The van der Waals surface area contributed by atoms with Gasteiger partial charge in [0.25, 0.3) is 0 Å². The Morgan fingerprint density at radius 1 is 1.29 bits per heavy atom. The first-order valence-electron chi connectivity index (χ1n) is 3.87. The second-order valence-electron chi connectivity index (χ2n) is 2.71. The van der Waals surface area contributed by atoms with Gasteiger partial charge in [0, 0.05) is 0 Å². The van der Waals surface area contributed by atoms with Gasteiger partial charge in [-0.25, -0.2) is 9.07 Å². The monoisotopic (exact) mass is 256 g/mol. The van der Waals surface area contributed by atoms with Gasteiger partial charge in [-0.05, 0) is 40.2 Å². The Kier molecular flexibility index (Phi) is 2.25. The van der Waals surface area contributed by atoms with Crippen molar-refractivity contribution in [3.05, 3.63) is 40.9 Å². The molecule has 0 aliphatic carbocycles. The fraction of sp³-hybridized carbons (Fsp3) is 0. The van der Waals surface area contributed by atoms with Crippen molar-refractivity contribution in [3.8, 4) is 11.4 Å². The van der Waals surface area contributed by atoms with Gasteiger partial charge in [-0.3, -0.25) is 0 Å². The Bertz CT molecular complexity index is 452. The van der Waals surface area contributed by atoms with Gasteiger partial charge in [-0.2, -0.15) is 5.10 Å². The third kappa shape index (κ3) is 1.50. The van der Waals surface area contributed by atoms with E-state index in [1.54, 1.807) is 12.1 Å². The van der Waals surface area contributed by atoms with E-state index in [4.69, 9.17) is 0 Å². The van der Waals surface area contributed by atoms with E-state index >= 15 is 0 Å². The number of hydrogen-bond donors (Lipinski definition) is 1. The largest absolute Gasteiger partial charge is 0.504 e. The van der Waals surface area contributed by atoms with Crippen LogP contribution in [0.2, 0.25) is 0 Å². The van der Waals surface area contributed by atoms with Crippen LogP contribution >= 0.6 is 15.9 Å². The molecular weight excluding hydrogens is 251 g/mol. The van der Waals surface area contributed by atoms with Gasteiger partial charge in [0.05, 0.1) is 11.9 Å². The lowest BCUT2D eigenvalue weighted by Gasteiger charge is -2.01. The van der Waals surface area contributed by atoms with Gasteiger partial charge in [0.1, 0.15) is 5.82 Å². The Morgan fingerprint density at radius 3 is 2.43 bits per heavy atom. The van der Waals surface area contributed by atoms with Crippen LogP contribution in [0.15, 0.2) is 35.1 Å². The van der Waals surface area contributed by atoms with Crippen molar-refractivity contribution in [2.75, 3.05) is 0 Å². The maximum atomic E-state index is 12.6. The van der Waals surface area contributed by atoms with Crippen LogP contribution in [0.1, 0.15) is 0 Å². The quantitative estimate of drug-likeness (QED) is 0.852. The second kappa shape index (κ2) is 3.42. The molecular formula is C9H6BrFN2O. The average Bonchev–Trinajstić information content (AvgIpc) is 2.50. The van der Waals surface area contributed by atoms with Gasteiger partial charge < -0.3 is 5.11 Å². The molecule has 0 aliphatic heterocycles. The normalized spacial score (nSPS) is 10.4. The van der Waals surface area contributed by atoms with Gasteiger partial charge >= 0.3 is 0 Å². The summed E-state index contributed by atoms with van der Waals surface area (Å²) in [5, 5.41) is 13.2. The molecule has 0 radical (unpaired) electrons. The highest BCUT2D eigenvalue weighted by Crippen LogP contribution is 2.25. The molecule has 2 aromatic rings. The molecule has 1 N–H and O–H groups in total. The Morgan fingerprint density at radius 2 is 1.93 bits per heavy atom. The zero-order chi connectivity index (χ0) is 10.1. The number of rotatable bonds is 1. The highest BCUT2D eigenvalue weighted by atomic mass is 79.9. The van der Waals surface area contributed by atoms with Gasteiger partial charge in [-0.15, -0.1) is 0 Å². The highest BCUT2D eigenvalue weighted by Gasteiger charge is 2.07. The minimum absolute atomic E-state index is 0.0503. The fourth-order valence-electron chi connectivity index (χ4n) is 1.09. The summed E-state index contributed by atoms with van der Waals surface area (Å²) in [6.07, 6.45) is 1.31. The summed E-state index contributed by atoms with van der Waals surface area (Å²) in [5.41, 5.74) is 0.679. The van der Waals surface area contributed by atoms with E-state index in [2.05, 4.69) is 21.0 Å². The number of benzene rings is 1. The van der Waals surface area contributed by atoms with Crippen molar-refractivity contribution in [3.63, 3.8) is 0 Å². The van der Waals surface area contributed by atoms with Crippen molar-refractivity contribution < 1.29 is 9.50 Å². The summed E-state index contributed by atoms with van der Waals surface area (Å²) in [6, 6.07) is 5.82. The summed E-state index contributed by atoms with van der Waals surface area (Å²) >= 11 is 3.16. The molecule has 72 valence electrons. The maximum Gasteiger partial charge on any atom is 0.168 e. The molecule has 0 bridgehead atoms. The Hall–Kier alpha value is -1.36. The average molecular weight is 257 g/mol. The van der Waals surface area contributed by atoms with Crippen LogP contribution in [0.25, 0.3) is 5.69 Å². The minimum atomic E-state index is -0.304. The van der Waals surface area contributed by atoms with Crippen LogP contribution in [0.5, 0.6) is 5.75 Å². The lowest BCUT2D eigenvalue weighted by atomic mass is 10.3. The van der Waals surface area contributed by atoms with Crippen LogP contribution in [0.4, 0.5) is 4.39 Å². The molecule has 0 saturated carbocycles. The van der Waals surface area contributed by atoms with E-state index in [9.17, 15) is 9.50 Å². The van der Waals surface area contributed by atoms with E-state index in [0.717, 1.165) is 0 Å². The molecule has 0 spiro atoms. The van der Waals surface area contributed by atoms with E-state index in [1.165, 1.54) is 23.0 Å². The predicted molar refractivity (Wildman–Crippen MR) is 52.9 cm³/mol. The summed E-state index contributed by atoms with van der Waals surface area (Å²) < 4.78 is 14.5. The molecule has 14 heavy (non-hydrogen) atoms. The Balaban J connectivity index is 2.49. The van der Waals surface area contributed by atoms with Crippen molar-refractivity contribution in [1.82, 2.24) is 9.78 Å². The zero-order valence-electron chi connectivity index (χ0n) is 6.98. The van der Waals surface area contributed by atoms with Crippen molar-refractivity contribution in [1.29, 1.82) is 0 Å². The smallest absolute Gasteiger partial charge is 0.168 e. The van der Waals surface area contributed by atoms with Crippen LogP contribution in [0.3, 0.4) is 0 Å². The molecule has 0 unspecified atom stereocenters. The first-order valence-corrected chi connectivity index (χ1v) is 4.66. The molecule has 3 nitrogen and oxygen atoms in total. The molecule has 2 rings (SSSR count). The van der Waals surface area contributed by atoms with Gasteiger partial charge in [-0.1, -0.05) is 0 Å². The number of hydrogen-bond acceptors (Lipinski definition) is 2. The van der Waals surface area contributed by atoms with Crippen molar-refractivity contribution in [2.24, 2.45) is 0 Å².